The quantitative estimate of drug-likeness (QED) is 0.822. The second kappa shape index (κ2) is 5.58. The first-order valence-corrected chi connectivity index (χ1v) is 8.26. The van der Waals surface area contributed by atoms with Gasteiger partial charge in [0.15, 0.2) is 5.17 Å². The number of amidine groups is 1. The highest BCUT2D eigenvalue weighted by Crippen LogP contribution is 2.34. The largest absolute Gasteiger partial charge is 0.335 e. The first-order valence-electron chi connectivity index (χ1n) is 7.28. The number of para-hydroxylation sites is 1. The Kier molecular flexibility index (Phi) is 3.83. The van der Waals surface area contributed by atoms with Gasteiger partial charge < -0.3 is 5.32 Å². The second-order valence-corrected chi connectivity index (χ2v) is 6.76. The van der Waals surface area contributed by atoms with Crippen molar-refractivity contribution in [2.75, 3.05) is 11.1 Å². The molecule has 1 aromatic rings. The number of anilines is 1. The van der Waals surface area contributed by atoms with Gasteiger partial charge in [-0.25, -0.2) is 0 Å². The molecule has 0 amide bonds. The Morgan fingerprint density at radius 1 is 1.16 bits per heavy atom. The van der Waals surface area contributed by atoms with Crippen LogP contribution in [0.4, 0.5) is 5.69 Å². The molecule has 1 N–H and O–H groups in total. The van der Waals surface area contributed by atoms with Crippen molar-refractivity contribution in [3.8, 4) is 0 Å². The number of nitrogens with one attached hydrogen (secondary N) is 1. The van der Waals surface area contributed by atoms with E-state index in [-0.39, 0.29) is 0 Å². The Hall–Kier alpha value is -0.960. The van der Waals surface area contributed by atoms with Crippen LogP contribution < -0.4 is 5.32 Å². The SMILES string of the molecule is Cc1cccc(C)c1NC1=NC2CCCCC2CS1. The van der Waals surface area contributed by atoms with Gasteiger partial charge in [0.1, 0.15) is 0 Å². The summed E-state index contributed by atoms with van der Waals surface area (Å²) in [5.74, 6) is 2.06. The van der Waals surface area contributed by atoms with Crippen molar-refractivity contribution < 1.29 is 0 Å². The maximum atomic E-state index is 4.95. The minimum absolute atomic E-state index is 0.571. The highest BCUT2D eigenvalue weighted by atomic mass is 32.2. The van der Waals surface area contributed by atoms with Crippen LogP contribution in [0.3, 0.4) is 0 Å². The minimum atomic E-state index is 0.571. The molecule has 102 valence electrons. The van der Waals surface area contributed by atoms with Gasteiger partial charge in [-0.3, -0.25) is 4.99 Å². The van der Waals surface area contributed by atoms with Gasteiger partial charge in [0.2, 0.25) is 0 Å². The standard InChI is InChI=1S/C16H22N2S/c1-11-6-5-7-12(2)15(11)18-16-17-14-9-4-3-8-13(14)10-19-16/h5-7,13-14H,3-4,8-10H2,1-2H3,(H,17,18). The van der Waals surface area contributed by atoms with Crippen LogP contribution in [0.25, 0.3) is 0 Å². The van der Waals surface area contributed by atoms with Crippen molar-refractivity contribution in [3.05, 3.63) is 29.3 Å². The van der Waals surface area contributed by atoms with Gasteiger partial charge in [0.05, 0.1) is 6.04 Å². The molecule has 0 bridgehead atoms. The summed E-state index contributed by atoms with van der Waals surface area (Å²) >= 11 is 1.90. The smallest absolute Gasteiger partial charge is 0.161 e. The van der Waals surface area contributed by atoms with Gasteiger partial charge in [-0.2, -0.15) is 0 Å². The predicted molar refractivity (Wildman–Crippen MR) is 85.2 cm³/mol. The molecule has 2 atom stereocenters. The molecule has 0 spiro atoms. The molecule has 3 heteroatoms. The van der Waals surface area contributed by atoms with E-state index >= 15 is 0 Å². The van der Waals surface area contributed by atoms with E-state index in [1.807, 2.05) is 11.8 Å². The molecule has 1 aromatic carbocycles. The highest BCUT2D eigenvalue weighted by molar-refractivity contribution is 8.14. The summed E-state index contributed by atoms with van der Waals surface area (Å²) in [5, 5.41) is 4.69. The maximum Gasteiger partial charge on any atom is 0.161 e. The van der Waals surface area contributed by atoms with Crippen LogP contribution in [0.2, 0.25) is 0 Å². The fraction of sp³-hybridized carbons (Fsp3) is 0.562. The monoisotopic (exact) mass is 274 g/mol. The van der Waals surface area contributed by atoms with Crippen molar-refractivity contribution in [3.63, 3.8) is 0 Å². The summed E-state index contributed by atoms with van der Waals surface area (Å²) in [6, 6.07) is 7.00. The summed E-state index contributed by atoms with van der Waals surface area (Å²) in [4.78, 5) is 4.95. The summed E-state index contributed by atoms with van der Waals surface area (Å²) in [6.45, 7) is 4.32. The molecule has 2 nitrogen and oxygen atoms in total. The second-order valence-electron chi connectivity index (χ2n) is 5.75. The fourth-order valence-corrected chi connectivity index (χ4v) is 4.26. The van der Waals surface area contributed by atoms with Crippen molar-refractivity contribution in [2.24, 2.45) is 10.9 Å². The van der Waals surface area contributed by atoms with Crippen LogP contribution in [-0.2, 0) is 0 Å². The molecule has 0 aromatic heterocycles. The Morgan fingerprint density at radius 3 is 2.68 bits per heavy atom. The molecular weight excluding hydrogens is 252 g/mol. The average molecular weight is 274 g/mol. The van der Waals surface area contributed by atoms with E-state index < -0.39 is 0 Å². The molecule has 1 fully saturated rings. The third kappa shape index (κ3) is 2.81. The first-order chi connectivity index (χ1) is 9.24. The number of hydrogen-bond donors (Lipinski definition) is 1. The predicted octanol–water partition coefficient (Wildman–Crippen LogP) is 4.38. The number of benzene rings is 1. The Bertz CT molecular complexity index is 475. The lowest BCUT2D eigenvalue weighted by Gasteiger charge is -2.33. The molecule has 2 aliphatic rings. The molecule has 1 aliphatic heterocycles. The van der Waals surface area contributed by atoms with Gasteiger partial charge >= 0.3 is 0 Å². The summed E-state index contributed by atoms with van der Waals surface area (Å²) < 4.78 is 0. The lowest BCUT2D eigenvalue weighted by Crippen LogP contribution is -2.32. The number of rotatable bonds is 1. The zero-order valence-electron chi connectivity index (χ0n) is 11.8. The molecule has 2 unspecified atom stereocenters. The van der Waals surface area contributed by atoms with Gasteiger partial charge in [-0.1, -0.05) is 42.8 Å². The van der Waals surface area contributed by atoms with Crippen LogP contribution >= 0.6 is 11.8 Å². The van der Waals surface area contributed by atoms with E-state index in [9.17, 15) is 0 Å². The Balaban J connectivity index is 1.78. The van der Waals surface area contributed by atoms with E-state index in [2.05, 4.69) is 37.4 Å². The van der Waals surface area contributed by atoms with Crippen molar-refractivity contribution in [1.82, 2.24) is 0 Å². The molecule has 1 saturated carbocycles. The molecule has 0 radical (unpaired) electrons. The third-order valence-corrected chi connectivity index (χ3v) is 5.37. The van der Waals surface area contributed by atoms with Crippen LogP contribution in [0.15, 0.2) is 23.2 Å². The number of thioether (sulfide) groups is 1. The lowest BCUT2D eigenvalue weighted by atomic mass is 9.86. The van der Waals surface area contributed by atoms with Crippen LogP contribution in [0, 0.1) is 19.8 Å². The normalized spacial score (nSPS) is 26.5. The minimum Gasteiger partial charge on any atom is -0.335 e. The van der Waals surface area contributed by atoms with Gasteiger partial charge in [-0.05, 0) is 43.7 Å². The van der Waals surface area contributed by atoms with Crippen molar-refractivity contribution >= 4 is 22.6 Å². The molecule has 1 aliphatic carbocycles. The topological polar surface area (TPSA) is 24.4 Å². The van der Waals surface area contributed by atoms with E-state index in [1.165, 1.54) is 48.3 Å². The number of aryl methyl sites for hydroxylation is 2. The van der Waals surface area contributed by atoms with Crippen LogP contribution in [0.5, 0.6) is 0 Å². The summed E-state index contributed by atoms with van der Waals surface area (Å²) in [7, 11) is 0. The van der Waals surface area contributed by atoms with Crippen LogP contribution in [-0.4, -0.2) is 17.0 Å². The van der Waals surface area contributed by atoms with Gasteiger partial charge in [0, 0.05) is 11.4 Å². The van der Waals surface area contributed by atoms with Crippen molar-refractivity contribution in [1.29, 1.82) is 0 Å². The molecule has 1 heterocycles. The van der Waals surface area contributed by atoms with E-state index in [1.54, 1.807) is 0 Å². The fourth-order valence-electron chi connectivity index (χ4n) is 3.11. The molecule has 19 heavy (non-hydrogen) atoms. The highest BCUT2D eigenvalue weighted by Gasteiger charge is 2.29. The Morgan fingerprint density at radius 2 is 1.89 bits per heavy atom. The third-order valence-electron chi connectivity index (χ3n) is 4.30. The van der Waals surface area contributed by atoms with E-state index in [0.717, 1.165) is 11.1 Å². The average Bonchev–Trinajstić information content (AvgIpc) is 2.43. The summed E-state index contributed by atoms with van der Waals surface area (Å²) in [5.41, 5.74) is 3.84. The van der Waals surface area contributed by atoms with E-state index in [0.29, 0.717) is 6.04 Å². The van der Waals surface area contributed by atoms with Crippen molar-refractivity contribution in [2.45, 2.75) is 45.6 Å². The van der Waals surface area contributed by atoms with Gasteiger partial charge in [-0.15, -0.1) is 0 Å². The number of fused-ring (bicyclic) bond motifs is 1. The zero-order chi connectivity index (χ0) is 13.2. The summed E-state index contributed by atoms with van der Waals surface area (Å²) in [6.07, 6.45) is 5.41. The van der Waals surface area contributed by atoms with Gasteiger partial charge in [0.25, 0.3) is 0 Å². The maximum absolute atomic E-state index is 4.95. The molecule has 3 rings (SSSR count). The number of nitrogens with zero attached hydrogens (tertiary/aromatic N) is 1. The first kappa shape index (κ1) is 13.0. The molecule has 0 saturated heterocycles. The van der Waals surface area contributed by atoms with Crippen LogP contribution in [0.1, 0.15) is 36.8 Å². The Labute approximate surface area is 120 Å². The molecular formula is C16H22N2S. The number of hydrogen-bond acceptors (Lipinski definition) is 3. The zero-order valence-corrected chi connectivity index (χ0v) is 12.6. The van der Waals surface area contributed by atoms with E-state index in [4.69, 9.17) is 4.99 Å². The lowest BCUT2D eigenvalue weighted by molar-refractivity contribution is 0.336. The number of aliphatic imine (C=N–C) groups is 1.